The summed E-state index contributed by atoms with van der Waals surface area (Å²) >= 11 is 6.13. The van der Waals surface area contributed by atoms with Crippen molar-refractivity contribution in [3.63, 3.8) is 0 Å². The number of halogens is 1. The molecule has 1 aliphatic heterocycles. The lowest BCUT2D eigenvalue weighted by molar-refractivity contribution is 0.103. The second kappa shape index (κ2) is 8.70. The van der Waals surface area contributed by atoms with E-state index < -0.39 is 0 Å². The zero-order valence-electron chi connectivity index (χ0n) is 15.7. The Kier molecular flexibility index (Phi) is 5.87. The Morgan fingerprint density at radius 3 is 2.29 bits per heavy atom. The first-order chi connectivity index (χ1) is 13.7. The molecular formula is C24H23ClN2O. The highest BCUT2D eigenvalue weighted by Crippen LogP contribution is 2.20. The van der Waals surface area contributed by atoms with Crippen LogP contribution < -0.4 is 5.43 Å². The van der Waals surface area contributed by atoms with Crippen LogP contribution in [0.15, 0.2) is 72.8 Å². The van der Waals surface area contributed by atoms with Crippen molar-refractivity contribution >= 4 is 17.4 Å². The number of nitrogens with one attached hydrogen (secondary N) is 1. The molecule has 0 unspecified atom stereocenters. The third kappa shape index (κ3) is 4.50. The zero-order chi connectivity index (χ0) is 19.3. The molecule has 0 bridgehead atoms. The standard InChI is InChI=1S/C24H23ClN2O/c25-23-11-10-19-12-14-27(15-13-22(19)16-23)26-17-18-6-8-21(9-7-18)24(28)20-4-2-1-3-5-20/h1-11,16,26H,12-15,17H2. The summed E-state index contributed by atoms with van der Waals surface area (Å²) in [5.74, 6) is 0.0593. The molecule has 3 aromatic rings. The fourth-order valence-corrected chi connectivity index (χ4v) is 3.78. The van der Waals surface area contributed by atoms with Crippen LogP contribution in [0.4, 0.5) is 0 Å². The molecule has 0 aromatic heterocycles. The normalized spacial score (nSPS) is 14.3. The van der Waals surface area contributed by atoms with Crippen molar-refractivity contribution in [1.82, 2.24) is 10.4 Å². The van der Waals surface area contributed by atoms with Gasteiger partial charge < -0.3 is 0 Å². The Morgan fingerprint density at radius 1 is 0.857 bits per heavy atom. The van der Waals surface area contributed by atoms with Crippen molar-refractivity contribution in [2.45, 2.75) is 19.4 Å². The molecule has 0 saturated heterocycles. The van der Waals surface area contributed by atoms with Crippen LogP contribution in [-0.2, 0) is 19.4 Å². The number of carbonyl (C=O) groups is 1. The van der Waals surface area contributed by atoms with Crippen LogP contribution >= 0.6 is 11.6 Å². The van der Waals surface area contributed by atoms with Crippen LogP contribution in [0.25, 0.3) is 0 Å². The van der Waals surface area contributed by atoms with Gasteiger partial charge in [0.1, 0.15) is 0 Å². The van der Waals surface area contributed by atoms with Gasteiger partial charge in [0.05, 0.1) is 0 Å². The summed E-state index contributed by atoms with van der Waals surface area (Å²) in [6, 6.07) is 23.5. The molecule has 0 amide bonds. The number of hydrogen-bond acceptors (Lipinski definition) is 3. The van der Waals surface area contributed by atoms with Crippen LogP contribution in [0, 0.1) is 0 Å². The van der Waals surface area contributed by atoms with E-state index in [0.29, 0.717) is 0 Å². The average molecular weight is 391 g/mol. The second-order valence-corrected chi connectivity index (χ2v) is 7.56. The van der Waals surface area contributed by atoms with Crippen molar-refractivity contribution in [1.29, 1.82) is 0 Å². The molecule has 1 aliphatic rings. The zero-order valence-corrected chi connectivity index (χ0v) is 16.5. The second-order valence-electron chi connectivity index (χ2n) is 7.13. The average Bonchev–Trinajstić information content (AvgIpc) is 2.94. The van der Waals surface area contributed by atoms with Gasteiger partial charge in [-0.05, 0) is 41.7 Å². The van der Waals surface area contributed by atoms with E-state index in [9.17, 15) is 4.79 Å². The number of rotatable bonds is 5. The summed E-state index contributed by atoms with van der Waals surface area (Å²) in [6.45, 7) is 2.67. The topological polar surface area (TPSA) is 32.3 Å². The molecule has 0 saturated carbocycles. The lowest BCUT2D eigenvalue weighted by Crippen LogP contribution is -2.39. The van der Waals surface area contributed by atoms with Crippen LogP contribution in [0.2, 0.25) is 5.02 Å². The number of hydrazine groups is 1. The number of hydrogen-bond donors (Lipinski definition) is 1. The van der Waals surface area contributed by atoms with E-state index >= 15 is 0 Å². The first kappa shape index (κ1) is 18.9. The van der Waals surface area contributed by atoms with E-state index in [1.807, 2.05) is 60.7 Å². The molecule has 0 radical (unpaired) electrons. The molecule has 3 aromatic carbocycles. The van der Waals surface area contributed by atoms with Gasteiger partial charge in [-0.1, -0.05) is 72.3 Å². The van der Waals surface area contributed by atoms with Gasteiger partial charge in [0.2, 0.25) is 0 Å². The van der Waals surface area contributed by atoms with Gasteiger partial charge in [-0.15, -0.1) is 0 Å². The molecule has 0 fully saturated rings. The predicted molar refractivity (Wildman–Crippen MR) is 114 cm³/mol. The summed E-state index contributed by atoms with van der Waals surface area (Å²) in [5, 5.41) is 3.09. The highest BCUT2D eigenvalue weighted by atomic mass is 35.5. The Labute approximate surface area is 170 Å². The van der Waals surface area contributed by atoms with Gasteiger partial charge in [0.15, 0.2) is 5.78 Å². The minimum Gasteiger partial charge on any atom is -0.289 e. The number of benzene rings is 3. The molecule has 3 nitrogen and oxygen atoms in total. The lowest BCUT2D eigenvalue weighted by atomic mass is 10.0. The van der Waals surface area contributed by atoms with E-state index in [0.717, 1.165) is 54.2 Å². The van der Waals surface area contributed by atoms with E-state index in [1.54, 1.807) is 0 Å². The highest BCUT2D eigenvalue weighted by molar-refractivity contribution is 6.30. The minimum absolute atomic E-state index is 0.0593. The quantitative estimate of drug-likeness (QED) is 0.642. The van der Waals surface area contributed by atoms with Crippen molar-refractivity contribution < 1.29 is 4.79 Å². The molecule has 4 rings (SSSR count). The smallest absolute Gasteiger partial charge is 0.193 e. The van der Waals surface area contributed by atoms with Crippen LogP contribution in [-0.4, -0.2) is 23.9 Å². The van der Waals surface area contributed by atoms with E-state index in [4.69, 9.17) is 11.6 Å². The van der Waals surface area contributed by atoms with E-state index in [1.165, 1.54) is 11.1 Å². The molecule has 4 heteroatoms. The fourth-order valence-electron chi connectivity index (χ4n) is 3.59. The van der Waals surface area contributed by atoms with E-state index in [-0.39, 0.29) is 5.78 Å². The molecule has 1 N–H and O–H groups in total. The molecule has 142 valence electrons. The Balaban J connectivity index is 1.34. The largest absolute Gasteiger partial charge is 0.289 e. The molecule has 1 heterocycles. The van der Waals surface area contributed by atoms with Gasteiger partial charge in [-0.2, -0.15) is 0 Å². The van der Waals surface area contributed by atoms with Crippen molar-refractivity contribution in [2.24, 2.45) is 0 Å². The summed E-state index contributed by atoms with van der Waals surface area (Å²) in [5.41, 5.74) is 8.86. The van der Waals surface area contributed by atoms with E-state index in [2.05, 4.69) is 22.6 Å². The minimum atomic E-state index is 0.0593. The Bertz CT molecular complexity index is 954. The summed E-state index contributed by atoms with van der Waals surface area (Å²) < 4.78 is 0. The third-order valence-electron chi connectivity index (χ3n) is 5.23. The molecular weight excluding hydrogens is 368 g/mol. The first-order valence-corrected chi connectivity index (χ1v) is 10.0. The maximum atomic E-state index is 12.5. The lowest BCUT2D eigenvalue weighted by Gasteiger charge is -2.21. The van der Waals surface area contributed by atoms with Crippen molar-refractivity contribution in [2.75, 3.05) is 13.1 Å². The fraction of sp³-hybridized carbons (Fsp3) is 0.208. The highest BCUT2D eigenvalue weighted by Gasteiger charge is 2.14. The number of nitrogens with zero attached hydrogens (tertiary/aromatic N) is 1. The van der Waals surface area contributed by atoms with Gasteiger partial charge >= 0.3 is 0 Å². The maximum absolute atomic E-state index is 12.5. The summed E-state index contributed by atoms with van der Waals surface area (Å²) in [4.78, 5) is 12.5. The van der Waals surface area contributed by atoms with Crippen LogP contribution in [0.1, 0.15) is 32.6 Å². The summed E-state index contributed by atoms with van der Waals surface area (Å²) in [7, 11) is 0. The number of fused-ring (bicyclic) bond motifs is 1. The molecule has 28 heavy (non-hydrogen) atoms. The van der Waals surface area contributed by atoms with Gasteiger partial charge in [-0.3, -0.25) is 10.2 Å². The Morgan fingerprint density at radius 2 is 1.54 bits per heavy atom. The Hall–Kier alpha value is -2.46. The predicted octanol–water partition coefficient (Wildman–Crippen LogP) is 4.68. The number of carbonyl (C=O) groups excluding carboxylic acids is 1. The van der Waals surface area contributed by atoms with Gasteiger partial charge in [0, 0.05) is 35.8 Å². The molecule has 0 aliphatic carbocycles. The number of ketones is 1. The van der Waals surface area contributed by atoms with Gasteiger partial charge in [-0.25, -0.2) is 5.01 Å². The first-order valence-electron chi connectivity index (χ1n) is 9.63. The maximum Gasteiger partial charge on any atom is 0.193 e. The third-order valence-corrected chi connectivity index (χ3v) is 5.46. The van der Waals surface area contributed by atoms with Crippen LogP contribution in [0.5, 0.6) is 0 Å². The van der Waals surface area contributed by atoms with Crippen LogP contribution in [0.3, 0.4) is 0 Å². The SMILES string of the molecule is O=C(c1ccccc1)c1ccc(CNN2CCc3ccc(Cl)cc3CC2)cc1. The summed E-state index contributed by atoms with van der Waals surface area (Å²) in [6.07, 6.45) is 2.01. The molecule has 0 spiro atoms. The van der Waals surface area contributed by atoms with Gasteiger partial charge in [0.25, 0.3) is 0 Å². The monoisotopic (exact) mass is 390 g/mol. The van der Waals surface area contributed by atoms with Crippen molar-refractivity contribution in [3.05, 3.63) is 106 Å². The van der Waals surface area contributed by atoms with Crippen molar-refractivity contribution in [3.8, 4) is 0 Å². The molecule has 0 atom stereocenters.